The molecule has 0 radical (unpaired) electrons. The first kappa shape index (κ1) is 25.8. The molecule has 34 heavy (non-hydrogen) atoms. The summed E-state index contributed by atoms with van der Waals surface area (Å²) < 4.78 is 16.4. The van der Waals surface area contributed by atoms with E-state index in [2.05, 4.69) is 10.2 Å². The van der Waals surface area contributed by atoms with Crippen molar-refractivity contribution in [1.29, 1.82) is 0 Å². The van der Waals surface area contributed by atoms with E-state index in [0.29, 0.717) is 56.2 Å². The van der Waals surface area contributed by atoms with Crippen molar-refractivity contribution in [2.45, 2.75) is 19.4 Å². The second-order valence-electron chi connectivity index (χ2n) is 8.30. The van der Waals surface area contributed by atoms with Gasteiger partial charge < -0.3 is 24.4 Å². The number of hydrogen-bond acceptors (Lipinski definition) is 6. The number of hydrogen-bond donors (Lipinski definition) is 1. The molecule has 0 atom stereocenters. The minimum absolute atomic E-state index is 0. The van der Waals surface area contributed by atoms with Gasteiger partial charge in [-0.2, -0.15) is 0 Å². The van der Waals surface area contributed by atoms with E-state index >= 15 is 0 Å². The van der Waals surface area contributed by atoms with Crippen molar-refractivity contribution in [1.82, 2.24) is 9.80 Å². The van der Waals surface area contributed by atoms with E-state index in [-0.39, 0.29) is 24.2 Å². The van der Waals surface area contributed by atoms with E-state index in [1.54, 1.807) is 20.3 Å². The summed E-state index contributed by atoms with van der Waals surface area (Å²) in [5.41, 5.74) is 3.58. The van der Waals surface area contributed by atoms with Crippen molar-refractivity contribution >= 4 is 29.9 Å². The van der Waals surface area contributed by atoms with Crippen molar-refractivity contribution in [3.05, 3.63) is 53.1 Å². The third kappa shape index (κ3) is 6.20. The maximum Gasteiger partial charge on any atom is 0.253 e. The average molecular weight is 490 g/mol. The van der Waals surface area contributed by atoms with Gasteiger partial charge in [0.15, 0.2) is 11.5 Å². The molecule has 2 aliphatic rings. The molecule has 0 saturated carbocycles. The fourth-order valence-electron chi connectivity index (χ4n) is 4.23. The lowest BCUT2D eigenvalue weighted by atomic mass is 10.00. The Labute approximate surface area is 206 Å². The van der Waals surface area contributed by atoms with Gasteiger partial charge in [0.25, 0.3) is 5.91 Å². The van der Waals surface area contributed by atoms with Gasteiger partial charge in [-0.3, -0.25) is 14.5 Å². The van der Waals surface area contributed by atoms with E-state index in [1.165, 1.54) is 0 Å². The molecule has 1 N–H and O–H groups in total. The average Bonchev–Trinajstić information content (AvgIpc) is 2.86. The highest BCUT2D eigenvalue weighted by Crippen LogP contribution is 2.28. The number of aryl methyl sites for hydroxylation is 1. The van der Waals surface area contributed by atoms with Crippen LogP contribution in [0.5, 0.6) is 11.5 Å². The van der Waals surface area contributed by atoms with Crippen molar-refractivity contribution in [3.8, 4) is 11.5 Å². The Morgan fingerprint density at radius 2 is 1.74 bits per heavy atom. The van der Waals surface area contributed by atoms with Crippen LogP contribution in [0.4, 0.5) is 5.69 Å². The predicted molar refractivity (Wildman–Crippen MR) is 132 cm³/mol. The molecule has 1 fully saturated rings. The zero-order valence-electron chi connectivity index (χ0n) is 19.7. The SMILES string of the molecule is COc1ccc(COCCN2CCN(C(=O)c3ccc4c(c3)CCC(=O)N4)CC2)cc1OC.Cl. The first-order valence-corrected chi connectivity index (χ1v) is 11.3. The molecule has 2 aliphatic heterocycles. The van der Waals surface area contributed by atoms with Crippen LogP contribution >= 0.6 is 12.4 Å². The number of ether oxygens (including phenoxy) is 3. The molecular weight excluding hydrogens is 458 g/mol. The number of carbonyl (C=O) groups is 2. The van der Waals surface area contributed by atoms with Gasteiger partial charge in [-0.25, -0.2) is 0 Å². The van der Waals surface area contributed by atoms with E-state index in [4.69, 9.17) is 14.2 Å². The standard InChI is InChI=1S/C25H31N3O5.ClH/c1-31-22-7-3-18(15-23(22)32-2)17-33-14-13-27-9-11-28(12-10-27)25(30)20-4-6-21-19(16-20)5-8-24(29)26-21;/h3-4,6-7,15-16H,5,8-14,17H2,1-2H3,(H,26,29);1H. The molecule has 9 heteroatoms. The van der Waals surface area contributed by atoms with Crippen molar-refractivity contribution in [2.24, 2.45) is 0 Å². The second-order valence-corrected chi connectivity index (χ2v) is 8.30. The molecule has 0 spiro atoms. The number of piperazine rings is 1. The zero-order chi connectivity index (χ0) is 23.2. The van der Waals surface area contributed by atoms with Crippen LogP contribution in [0.25, 0.3) is 0 Å². The molecule has 0 aliphatic carbocycles. The number of anilines is 1. The summed E-state index contributed by atoms with van der Waals surface area (Å²) in [4.78, 5) is 28.7. The highest BCUT2D eigenvalue weighted by atomic mass is 35.5. The molecule has 2 heterocycles. The number of amides is 2. The highest BCUT2D eigenvalue weighted by molar-refractivity contribution is 5.98. The van der Waals surface area contributed by atoms with Crippen LogP contribution in [0.15, 0.2) is 36.4 Å². The van der Waals surface area contributed by atoms with Crippen molar-refractivity contribution in [2.75, 3.05) is 58.9 Å². The fraction of sp³-hybridized carbons (Fsp3) is 0.440. The van der Waals surface area contributed by atoms with E-state index in [1.807, 2.05) is 35.2 Å². The molecule has 2 aromatic carbocycles. The lowest BCUT2D eigenvalue weighted by Gasteiger charge is -2.34. The minimum atomic E-state index is 0. The first-order valence-electron chi connectivity index (χ1n) is 11.3. The van der Waals surface area contributed by atoms with Crippen LogP contribution in [0.3, 0.4) is 0 Å². The smallest absolute Gasteiger partial charge is 0.253 e. The Balaban J connectivity index is 0.00000324. The van der Waals surface area contributed by atoms with Gasteiger partial charge in [-0.15, -0.1) is 12.4 Å². The van der Waals surface area contributed by atoms with Crippen molar-refractivity contribution < 1.29 is 23.8 Å². The number of halogens is 1. The molecule has 1 saturated heterocycles. The molecule has 0 unspecified atom stereocenters. The Kier molecular flexibility index (Phi) is 9.15. The number of nitrogens with one attached hydrogen (secondary N) is 1. The zero-order valence-corrected chi connectivity index (χ0v) is 20.5. The monoisotopic (exact) mass is 489 g/mol. The number of fused-ring (bicyclic) bond motifs is 1. The number of methoxy groups -OCH3 is 2. The topological polar surface area (TPSA) is 80.3 Å². The fourth-order valence-corrected chi connectivity index (χ4v) is 4.23. The normalized spacial score (nSPS) is 15.7. The molecule has 4 rings (SSSR count). The molecule has 2 amide bonds. The summed E-state index contributed by atoms with van der Waals surface area (Å²) in [5.74, 6) is 1.49. The van der Waals surface area contributed by atoms with Gasteiger partial charge in [-0.05, 0) is 47.9 Å². The maximum absolute atomic E-state index is 12.9. The number of carbonyl (C=O) groups excluding carboxylic acids is 2. The van der Waals surface area contributed by atoms with Crippen LogP contribution in [-0.2, 0) is 22.6 Å². The summed E-state index contributed by atoms with van der Waals surface area (Å²) in [6.07, 6.45) is 1.15. The van der Waals surface area contributed by atoms with Crippen LogP contribution < -0.4 is 14.8 Å². The van der Waals surface area contributed by atoms with E-state index < -0.39 is 0 Å². The van der Waals surface area contributed by atoms with Gasteiger partial charge in [0.2, 0.25) is 5.91 Å². The first-order chi connectivity index (χ1) is 16.1. The molecule has 8 nitrogen and oxygen atoms in total. The van der Waals surface area contributed by atoms with E-state index in [9.17, 15) is 9.59 Å². The predicted octanol–water partition coefficient (Wildman–Crippen LogP) is 2.98. The van der Waals surface area contributed by atoms with Crippen LogP contribution in [0, 0.1) is 0 Å². The summed E-state index contributed by atoms with van der Waals surface area (Å²) in [6, 6.07) is 11.4. The quantitative estimate of drug-likeness (QED) is 0.574. The van der Waals surface area contributed by atoms with Gasteiger partial charge in [0.1, 0.15) is 0 Å². The van der Waals surface area contributed by atoms with Gasteiger partial charge in [0, 0.05) is 50.4 Å². The Morgan fingerprint density at radius 1 is 0.971 bits per heavy atom. The maximum atomic E-state index is 12.9. The summed E-state index contributed by atoms with van der Waals surface area (Å²) >= 11 is 0. The lowest BCUT2D eigenvalue weighted by Crippen LogP contribution is -2.49. The number of benzene rings is 2. The summed E-state index contributed by atoms with van der Waals surface area (Å²) in [7, 11) is 3.24. The minimum Gasteiger partial charge on any atom is -0.493 e. The van der Waals surface area contributed by atoms with Crippen molar-refractivity contribution in [3.63, 3.8) is 0 Å². The Bertz CT molecular complexity index is 1010. The number of rotatable bonds is 8. The van der Waals surface area contributed by atoms with Gasteiger partial charge in [-0.1, -0.05) is 6.07 Å². The lowest BCUT2D eigenvalue weighted by molar-refractivity contribution is -0.116. The summed E-state index contributed by atoms with van der Waals surface area (Å²) in [5, 5.41) is 2.86. The largest absolute Gasteiger partial charge is 0.493 e. The van der Waals surface area contributed by atoms with Crippen LogP contribution in [-0.4, -0.2) is 75.2 Å². The van der Waals surface area contributed by atoms with Crippen LogP contribution in [0.1, 0.15) is 27.9 Å². The third-order valence-corrected chi connectivity index (χ3v) is 6.18. The molecule has 0 aromatic heterocycles. The Hall–Kier alpha value is -2.81. The van der Waals surface area contributed by atoms with E-state index in [0.717, 1.165) is 36.4 Å². The molecule has 184 valence electrons. The molecule has 2 aromatic rings. The molecular formula is C25H32ClN3O5. The third-order valence-electron chi connectivity index (χ3n) is 6.18. The number of nitrogens with zero attached hydrogens (tertiary/aromatic N) is 2. The second kappa shape index (κ2) is 12.1. The molecule has 0 bridgehead atoms. The highest BCUT2D eigenvalue weighted by Gasteiger charge is 2.23. The van der Waals surface area contributed by atoms with Gasteiger partial charge >= 0.3 is 0 Å². The van der Waals surface area contributed by atoms with Gasteiger partial charge in [0.05, 0.1) is 27.4 Å². The summed E-state index contributed by atoms with van der Waals surface area (Å²) in [6.45, 7) is 5.01. The Morgan fingerprint density at radius 3 is 2.47 bits per heavy atom. The van der Waals surface area contributed by atoms with Crippen LogP contribution in [0.2, 0.25) is 0 Å².